The van der Waals surface area contributed by atoms with Crippen LogP contribution in [-0.2, 0) is 0 Å². The summed E-state index contributed by atoms with van der Waals surface area (Å²) in [5, 5.41) is 40.2. The van der Waals surface area contributed by atoms with E-state index < -0.39 is 37.6 Å². The van der Waals surface area contributed by atoms with E-state index in [4.69, 9.17) is 5.11 Å². The number of phenols is 1. The van der Waals surface area contributed by atoms with E-state index in [1.807, 2.05) is 0 Å². The van der Waals surface area contributed by atoms with Crippen LogP contribution in [0, 0.1) is 30.3 Å². The van der Waals surface area contributed by atoms with Gasteiger partial charge in [0, 0.05) is 0 Å². The first kappa shape index (κ1) is 15.8. The number of nitro groups is 3. The molecule has 1 rings (SSSR count). The molecule has 88 valence electrons. The summed E-state index contributed by atoms with van der Waals surface area (Å²) in [6.45, 7) is 0. The Kier molecular flexibility index (Phi) is 5.50. The molecule has 0 saturated heterocycles. The second-order valence-electron chi connectivity index (χ2n) is 2.60. The van der Waals surface area contributed by atoms with Crippen LogP contribution in [0.25, 0.3) is 0 Å². The first-order valence-electron chi connectivity index (χ1n) is 3.64. The molecule has 1 N–H and O–H groups in total. The summed E-state index contributed by atoms with van der Waals surface area (Å²) in [7, 11) is 0. The molecule has 0 saturated carbocycles. The van der Waals surface area contributed by atoms with Crippen LogP contribution in [-0.4, -0.2) is 68.8 Å². The standard InChI is InChI=1S/C6H3N3O7.Ba.2H/c10-6-4(8(13)14)1-3(7(11)12)2-5(6)9(15)16;;;/h1-2,10H;;;. The van der Waals surface area contributed by atoms with Gasteiger partial charge >= 0.3 is 60.3 Å². The maximum atomic E-state index is 10.4. The van der Waals surface area contributed by atoms with Gasteiger partial charge in [0.1, 0.15) is 0 Å². The first-order valence-corrected chi connectivity index (χ1v) is 3.64. The number of nitro benzene ring substituents is 3. The molecule has 0 aromatic heterocycles. The minimum atomic E-state index is -1.21. The molecule has 17 heavy (non-hydrogen) atoms. The van der Waals surface area contributed by atoms with Crippen molar-refractivity contribution < 1.29 is 19.9 Å². The van der Waals surface area contributed by atoms with Crippen LogP contribution in [0.1, 0.15) is 0 Å². The van der Waals surface area contributed by atoms with E-state index in [9.17, 15) is 30.3 Å². The Hall–Kier alpha value is -1.21. The van der Waals surface area contributed by atoms with Gasteiger partial charge in [-0.1, -0.05) is 0 Å². The third-order valence-corrected chi connectivity index (χ3v) is 1.66. The van der Waals surface area contributed by atoms with Crippen molar-refractivity contribution in [2.24, 2.45) is 0 Å². The van der Waals surface area contributed by atoms with Gasteiger partial charge in [0.05, 0.1) is 26.9 Å². The van der Waals surface area contributed by atoms with Crippen molar-refractivity contribution in [2.75, 3.05) is 0 Å². The SMILES string of the molecule is O=[N+]([O-])c1cc([N+](=O)[O-])c(O)c([N+](=O)[O-])c1.[BaH2]. The van der Waals surface area contributed by atoms with E-state index in [2.05, 4.69) is 0 Å². The van der Waals surface area contributed by atoms with Crippen molar-refractivity contribution in [3.63, 3.8) is 0 Å². The number of hydrogen-bond acceptors (Lipinski definition) is 7. The van der Waals surface area contributed by atoms with Gasteiger partial charge < -0.3 is 5.11 Å². The molecule has 0 spiro atoms. The number of rotatable bonds is 3. The van der Waals surface area contributed by atoms with Crippen molar-refractivity contribution >= 4 is 65.9 Å². The fraction of sp³-hybridized carbons (Fsp3) is 0. The van der Waals surface area contributed by atoms with Crippen molar-refractivity contribution in [3.8, 4) is 5.75 Å². The average molecular weight is 368 g/mol. The van der Waals surface area contributed by atoms with Gasteiger partial charge in [0.25, 0.3) is 11.4 Å². The van der Waals surface area contributed by atoms with Gasteiger partial charge in [0.15, 0.2) is 0 Å². The topological polar surface area (TPSA) is 150 Å². The Morgan fingerprint density at radius 3 is 1.47 bits per heavy atom. The third kappa shape index (κ3) is 3.37. The van der Waals surface area contributed by atoms with Gasteiger partial charge in [-0.05, 0) is 0 Å². The Bertz CT molecular complexity index is 467. The van der Waals surface area contributed by atoms with Crippen molar-refractivity contribution in [3.05, 3.63) is 42.5 Å². The molecule has 1 aromatic rings. The van der Waals surface area contributed by atoms with Gasteiger partial charge in [-0.2, -0.15) is 0 Å². The fourth-order valence-corrected chi connectivity index (χ4v) is 0.974. The fourth-order valence-electron chi connectivity index (χ4n) is 0.974. The molecule has 0 aliphatic carbocycles. The molecule has 10 nitrogen and oxygen atoms in total. The maximum absolute atomic E-state index is 10.4. The van der Waals surface area contributed by atoms with E-state index >= 15 is 0 Å². The molecule has 0 aliphatic rings. The van der Waals surface area contributed by atoms with Crippen LogP contribution in [0.5, 0.6) is 5.75 Å². The monoisotopic (exact) mass is 369 g/mol. The molecule has 0 atom stereocenters. The number of non-ortho nitro benzene ring substituents is 1. The number of nitrogens with zero attached hydrogens (tertiary/aromatic N) is 3. The summed E-state index contributed by atoms with van der Waals surface area (Å²) in [4.78, 5) is 27.8. The molecule has 11 heteroatoms. The Balaban J connectivity index is 0.00000256. The van der Waals surface area contributed by atoms with Gasteiger partial charge in [-0.15, -0.1) is 0 Å². The van der Waals surface area contributed by atoms with Crippen molar-refractivity contribution in [2.45, 2.75) is 0 Å². The second kappa shape index (κ2) is 5.92. The molecule has 0 fully saturated rings. The Labute approximate surface area is 133 Å². The van der Waals surface area contributed by atoms with Gasteiger partial charge in [0.2, 0.25) is 0 Å². The first-order chi connectivity index (χ1) is 7.34. The molecule has 0 amide bonds. The van der Waals surface area contributed by atoms with Crippen LogP contribution in [0.4, 0.5) is 17.1 Å². The molecular weight excluding hydrogens is 363 g/mol. The van der Waals surface area contributed by atoms with Crippen LogP contribution in [0.15, 0.2) is 12.1 Å². The molecule has 0 bridgehead atoms. The number of aromatic hydroxyl groups is 1. The van der Waals surface area contributed by atoms with Crippen molar-refractivity contribution in [1.82, 2.24) is 0 Å². The predicted octanol–water partition coefficient (Wildman–Crippen LogP) is 0.201. The number of benzene rings is 1. The van der Waals surface area contributed by atoms with Crippen LogP contribution >= 0.6 is 0 Å². The zero-order chi connectivity index (χ0) is 12.5. The zero-order valence-corrected chi connectivity index (χ0v) is 7.39. The molecule has 0 unspecified atom stereocenters. The van der Waals surface area contributed by atoms with Crippen LogP contribution < -0.4 is 0 Å². The van der Waals surface area contributed by atoms with E-state index in [1.165, 1.54) is 0 Å². The van der Waals surface area contributed by atoms with Crippen LogP contribution in [0.2, 0.25) is 0 Å². The van der Waals surface area contributed by atoms with Gasteiger partial charge in [-0.3, -0.25) is 30.3 Å². The number of phenolic OH excluding ortho intramolecular Hbond substituents is 1. The van der Waals surface area contributed by atoms with E-state index in [0.29, 0.717) is 12.1 Å². The molecular formula is C6H5BaN3O7. The van der Waals surface area contributed by atoms with E-state index in [0.717, 1.165) is 0 Å². The molecule has 0 heterocycles. The second-order valence-corrected chi connectivity index (χ2v) is 2.60. The normalized spacial score (nSPS) is 9.18. The zero-order valence-electron chi connectivity index (χ0n) is 7.39. The summed E-state index contributed by atoms with van der Waals surface area (Å²) >= 11 is 0. The quantitative estimate of drug-likeness (QED) is 0.455. The molecule has 0 radical (unpaired) electrons. The Morgan fingerprint density at radius 2 is 1.24 bits per heavy atom. The minimum absolute atomic E-state index is 0. The van der Waals surface area contributed by atoms with Crippen molar-refractivity contribution in [1.29, 1.82) is 0 Å². The summed E-state index contributed by atoms with van der Waals surface area (Å²) in [6, 6.07) is 0.894. The number of hydrogen-bond donors (Lipinski definition) is 1. The summed E-state index contributed by atoms with van der Waals surface area (Å²) in [5.74, 6) is -1.21. The van der Waals surface area contributed by atoms with E-state index in [-0.39, 0.29) is 48.9 Å². The molecule has 0 aliphatic heterocycles. The Morgan fingerprint density at radius 1 is 0.882 bits per heavy atom. The molecule has 1 aromatic carbocycles. The van der Waals surface area contributed by atoms with E-state index in [1.54, 1.807) is 0 Å². The van der Waals surface area contributed by atoms with Gasteiger partial charge in [-0.25, -0.2) is 0 Å². The third-order valence-electron chi connectivity index (χ3n) is 1.66. The summed E-state index contributed by atoms with van der Waals surface area (Å²) in [5.41, 5.74) is -3.00. The van der Waals surface area contributed by atoms with Crippen LogP contribution in [0.3, 0.4) is 0 Å². The summed E-state index contributed by atoms with van der Waals surface area (Å²) in [6.07, 6.45) is 0. The predicted molar refractivity (Wildman–Crippen MR) is 56.6 cm³/mol. The summed E-state index contributed by atoms with van der Waals surface area (Å²) < 4.78 is 0. The average Bonchev–Trinajstić information content (AvgIpc) is 2.16.